The first-order valence-electron chi connectivity index (χ1n) is 11.9. The molecule has 2 amide bonds. The standard InChI is InChI=1S/C25H31FN2O2/c26-20-6-5-19-3-1-7-27(22(19)12-20)23(29)21-4-2-8-28(21)24(30)25-13-16-9-17(14-25)11-18(10-16)15-25/h5-6,12,16-18,21H,1-4,7-11,13-15H2. The van der Waals surface area contributed by atoms with Crippen LogP contribution in [0.1, 0.15) is 63.4 Å². The molecule has 2 heterocycles. The molecule has 4 aliphatic carbocycles. The van der Waals surface area contributed by atoms with E-state index < -0.39 is 0 Å². The quantitative estimate of drug-likeness (QED) is 0.729. The first-order valence-corrected chi connectivity index (χ1v) is 11.9. The fourth-order valence-electron chi connectivity index (χ4n) is 7.90. The summed E-state index contributed by atoms with van der Waals surface area (Å²) >= 11 is 0. The highest BCUT2D eigenvalue weighted by molar-refractivity contribution is 6.01. The SMILES string of the molecule is O=C(C1CCCN1C(=O)C12CC3CC(CC(C3)C1)C2)N1CCCc2ccc(F)cc21. The van der Waals surface area contributed by atoms with E-state index in [1.54, 1.807) is 11.0 Å². The van der Waals surface area contributed by atoms with Gasteiger partial charge in [0.1, 0.15) is 11.9 Å². The summed E-state index contributed by atoms with van der Waals surface area (Å²) in [7, 11) is 0. The van der Waals surface area contributed by atoms with Crippen molar-refractivity contribution in [1.82, 2.24) is 4.90 Å². The molecule has 1 saturated heterocycles. The van der Waals surface area contributed by atoms with E-state index in [2.05, 4.69) is 0 Å². The highest BCUT2D eigenvalue weighted by Crippen LogP contribution is 2.60. The summed E-state index contributed by atoms with van der Waals surface area (Å²) in [5, 5.41) is 0. The van der Waals surface area contributed by atoms with E-state index >= 15 is 0 Å². The molecule has 1 aromatic carbocycles. The summed E-state index contributed by atoms with van der Waals surface area (Å²) in [5.41, 5.74) is 1.54. The van der Waals surface area contributed by atoms with E-state index in [-0.39, 0.29) is 29.1 Å². The summed E-state index contributed by atoms with van der Waals surface area (Å²) in [4.78, 5) is 31.2. The number of carbonyl (C=O) groups is 2. The third-order valence-corrected chi connectivity index (χ3v) is 8.72. The number of rotatable bonds is 2. The minimum atomic E-state index is -0.375. The van der Waals surface area contributed by atoms with Crippen LogP contribution >= 0.6 is 0 Å². The molecule has 6 aliphatic rings. The maximum atomic E-state index is 13.9. The molecule has 7 rings (SSSR count). The highest BCUT2D eigenvalue weighted by Gasteiger charge is 2.57. The summed E-state index contributed by atoms with van der Waals surface area (Å²) in [6.45, 7) is 1.31. The number of amides is 2. The lowest BCUT2D eigenvalue weighted by molar-refractivity contribution is -0.160. The van der Waals surface area contributed by atoms with Gasteiger partial charge in [0.2, 0.25) is 11.8 Å². The summed E-state index contributed by atoms with van der Waals surface area (Å²) in [6, 6.07) is 4.40. The zero-order valence-corrected chi connectivity index (χ0v) is 17.6. The predicted octanol–water partition coefficient (Wildman–Crippen LogP) is 4.31. The molecule has 4 saturated carbocycles. The molecule has 4 nitrogen and oxygen atoms in total. The van der Waals surface area contributed by atoms with Gasteiger partial charge in [-0.25, -0.2) is 4.39 Å². The van der Waals surface area contributed by atoms with Gasteiger partial charge in [0.25, 0.3) is 0 Å². The zero-order chi connectivity index (χ0) is 20.5. The summed E-state index contributed by atoms with van der Waals surface area (Å²) in [5.74, 6) is 2.10. The lowest BCUT2D eigenvalue weighted by atomic mass is 9.49. The van der Waals surface area contributed by atoms with Gasteiger partial charge < -0.3 is 9.80 Å². The monoisotopic (exact) mass is 410 g/mol. The molecule has 1 atom stereocenters. The predicted molar refractivity (Wildman–Crippen MR) is 112 cm³/mol. The number of carbonyl (C=O) groups excluding carboxylic acids is 2. The van der Waals surface area contributed by atoms with Crippen LogP contribution in [0.15, 0.2) is 18.2 Å². The first kappa shape index (κ1) is 18.8. The average molecular weight is 411 g/mol. The van der Waals surface area contributed by atoms with Gasteiger partial charge in [-0.3, -0.25) is 9.59 Å². The van der Waals surface area contributed by atoms with Crippen LogP contribution < -0.4 is 4.90 Å². The van der Waals surface area contributed by atoms with E-state index in [4.69, 9.17) is 0 Å². The summed E-state index contributed by atoms with van der Waals surface area (Å²) in [6.07, 6.45) is 10.4. The van der Waals surface area contributed by atoms with Gasteiger partial charge in [0.05, 0.1) is 5.41 Å². The third kappa shape index (κ3) is 2.84. The number of likely N-dealkylation sites (tertiary alicyclic amines) is 1. The molecule has 30 heavy (non-hydrogen) atoms. The number of halogens is 1. The molecule has 2 aliphatic heterocycles. The Morgan fingerprint density at radius 1 is 0.967 bits per heavy atom. The minimum Gasteiger partial charge on any atom is -0.330 e. The molecule has 1 aromatic rings. The number of nitrogens with zero attached hydrogens (tertiary/aromatic N) is 2. The second kappa shape index (κ2) is 6.80. The molecule has 1 unspecified atom stereocenters. The van der Waals surface area contributed by atoms with Crippen molar-refractivity contribution in [3.63, 3.8) is 0 Å². The van der Waals surface area contributed by atoms with Crippen molar-refractivity contribution in [3.05, 3.63) is 29.6 Å². The lowest BCUT2D eigenvalue weighted by Gasteiger charge is -2.56. The number of hydrogen-bond donors (Lipinski definition) is 0. The first-order chi connectivity index (χ1) is 14.5. The van der Waals surface area contributed by atoms with Crippen molar-refractivity contribution < 1.29 is 14.0 Å². The van der Waals surface area contributed by atoms with Crippen LogP contribution in [0.3, 0.4) is 0 Å². The second-order valence-corrected chi connectivity index (χ2v) is 10.7. The Hall–Kier alpha value is -1.91. The summed E-state index contributed by atoms with van der Waals surface area (Å²) < 4.78 is 13.9. The number of fused-ring (bicyclic) bond motifs is 1. The Morgan fingerprint density at radius 2 is 1.67 bits per heavy atom. The van der Waals surface area contributed by atoms with Gasteiger partial charge in [-0.2, -0.15) is 0 Å². The van der Waals surface area contributed by atoms with E-state index in [0.717, 1.165) is 50.5 Å². The molecule has 4 bridgehead atoms. The van der Waals surface area contributed by atoms with Crippen molar-refractivity contribution in [3.8, 4) is 0 Å². The van der Waals surface area contributed by atoms with Crippen LogP contribution in [0.25, 0.3) is 0 Å². The van der Waals surface area contributed by atoms with Crippen molar-refractivity contribution in [2.24, 2.45) is 23.2 Å². The Balaban J connectivity index is 1.27. The highest BCUT2D eigenvalue weighted by atomic mass is 19.1. The minimum absolute atomic E-state index is 0.00266. The van der Waals surface area contributed by atoms with E-state index in [9.17, 15) is 14.0 Å². The molecule has 5 fully saturated rings. The van der Waals surface area contributed by atoms with Crippen LogP contribution in [-0.4, -0.2) is 35.8 Å². The molecule has 0 spiro atoms. The Labute approximate surface area is 177 Å². The Morgan fingerprint density at radius 3 is 2.37 bits per heavy atom. The van der Waals surface area contributed by atoms with E-state index in [1.165, 1.54) is 31.4 Å². The normalized spacial score (nSPS) is 36.8. The lowest BCUT2D eigenvalue weighted by Crippen LogP contribution is -2.57. The molecule has 0 radical (unpaired) electrons. The van der Waals surface area contributed by atoms with Gasteiger partial charge in [0, 0.05) is 18.8 Å². The van der Waals surface area contributed by atoms with Crippen molar-refractivity contribution in [1.29, 1.82) is 0 Å². The van der Waals surface area contributed by atoms with Crippen molar-refractivity contribution in [2.75, 3.05) is 18.0 Å². The smallest absolute Gasteiger partial charge is 0.249 e. The molecular weight excluding hydrogens is 379 g/mol. The van der Waals surface area contributed by atoms with Gasteiger partial charge in [0.15, 0.2) is 0 Å². The Bertz CT molecular complexity index is 862. The number of anilines is 1. The van der Waals surface area contributed by atoms with Gasteiger partial charge in [-0.15, -0.1) is 0 Å². The topological polar surface area (TPSA) is 40.6 Å². The number of benzene rings is 1. The fraction of sp³-hybridized carbons (Fsp3) is 0.680. The van der Waals surface area contributed by atoms with E-state index in [0.29, 0.717) is 36.5 Å². The van der Waals surface area contributed by atoms with E-state index in [1.807, 2.05) is 4.90 Å². The van der Waals surface area contributed by atoms with Crippen LogP contribution in [0, 0.1) is 29.0 Å². The van der Waals surface area contributed by atoms with Crippen LogP contribution in [0.4, 0.5) is 10.1 Å². The number of hydrogen-bond acceptors (Lipinski definition) is 2. The van der Waals surface area contributed by atoms with Crippen LogP contribution in [-0.2, 0) is 16.0 Å². The molecular formula is C25H31FN2O2. The third-order valence-electron chi connectivity index (χ3n) is 8.72. The Kier molecular flexibility index (Phi) is 4.26. The van der Waals surface area contributed by atoms with Crippen molar-refractivity contribution in [2.45, 2.75) is 70.3 Å². The van der Waals surface area contributed by atoms with Gasteiger partial charge in [-0.1, -0.05) is 6.07 Å². The maximum absolute atomic E-state index is 13.9. The zero-order valence-electron chi connectivity index (χ0n) is 17.6. The van der Waals surface area contributed by atoms with Crippen LogP contribution in [0.5, 0.6) is 0 Å². The largest absolute Gasteiger partial charge is 0.330 e. The molecule has 0 aromatic heterocycles. The van der Waals surface area contributed by atoms with Crippen molar-refractivity contribution >= 4 is 17.5 Å². The maximum Gasteiger partial charge on any atom is 0.249 e. The van der Waals surface area contributed by atoms with Gasteiger partial charge >= 0.3 is 0 Å². The van der Waals surface area contributed by atoms with Gasteiger partial charge in [-0.05, 0) is 99.7 Å². The van der Waals surface area contributed by atoms with Crippen LogP contribution in [0.2, 0.25) is 0 Å². The molecule has 0 N–H and O–H groups in total. The molecule has 5 heteroatoms. The number of aryl methyl sites for hydroxylation is 1. The fourth-order valence-corrected chi connectivity index (χ4v) is 7.90. The molecule has 160 valence electrons. The average Bonchev–Trinajstić information content (AvgIpc) is 3.21. The second-order valence-electron chi connectivity index (χ2n) is 10.7.